The molecular weight excluding hydrogens is 446 g/mol. The number of amides is 2. The molecule has 1 saturated heterocycles. The summed E-state index contributed by atoms with van der Waals surface area (Å²) in [6.45, 7) is 1.90. The van der Waals surface area contributed by atoms with E-state index in [4.69, 9.17) is 4.74 Å². The van der Waals surface area contributed by atoms with Gasteiger partial charge in [-0.25, -0.2) is 0 Å². The maximum absolute atomic E-state index is 13.6. The lowest BCUT2D eigenvalue weighted by Gasteiger charge is -2.20. The number of nitriles is 1. The van der Waals surface area contributed by atoms with Gasteiger partial charge in [0.15, 0.2) is 0 Å². The Morgan fingerprint density at radius 1 is 1.09 bits per heavy atom. The smallest absolute Gasteiger partial charge is 0.269 e. The van der Waals surface area contributed by atoms with Gasteiger partial charge in [-0.1, -0.05) is 60.3 Å². The Hall–Kier alpha value is -4.02. The number of nitrogens with one attached hydrogen (secondary N) is 1. The van der Waals surface area contributed by atoms with Gasteiger partial charge in [0.25, 0.3) is 5.91 Å². The van der Waals surface area contributed by atoms with Crippen LogP contribution in [0.3, 0.4) is 0 Å². The number of hydrogen-bond acceptors (Lipinski definition) is 5. The molecule has 3 aromatic carbocycles. The molecule has 0 radical (unpaired) electrons. The van der Waals surface area contributed by atoms with E-state index in [2.05, 4.69) is 5.32 Å². The summed E-state index contributed by atoms with van der Waals surface area (Å²) in [5.74, 6) is -0.0126. The minimum Gasteiger partial charge on any atom is -0.497 e. The summed E-state index contributed by atoms with van der Waals surface area (Å²) >= 11 is 1.24. The van der Waals surface area contributed by atoms with Crippen LogP contribution >= 0.6 is 11.8 Å². The molecule has 0 unspecified atom stereocenters. The average molecular weight is 470 g/mol. The van der Waals surface area contributed by atoms with E-state index in [0.717, 1.165) is 11.1 Å². The Labute approximate surface area is 202 Å². The van der Waals surface area contributed by atoms with Crippen LogP contribution in [0.5, 0.6) is 5.75 Å². The molecule has 0 aromatic heterocycles. The molecule has 1 atom stereocenters. The molecule has 1 N–H and O–H groups in total. The normalized spacial score (nSPS) is 16.7. The number of benzene rings is 3. The van der Waals surface area contributed by atoms with Crippen LogP contribution in [0, 0.1) is 18.3 Å². The molecule has 7 heteroatoms. The molecule has 0 spiro atoms. The summed E-state index contributed by atoms with van der Waals surface area (Å²) in [7, 11) is 1.60. The lowest BCUT2D eigenvalue weighted by molar-refractivity contribution is -0.117. The summed E-state index contributed by atoms with van der Waals surface area (Å²) in [5, 5.41) is 12.6. The average Bonchev–Trinajstić information content (AvgIpc) is 3.16. The van der Waals surface area contributed by atoms with Crippen molar-refractivity contribution >= 4 is 35.0 Å². The Morgan fingerprint density at radius 3 is 2.53 bits per heavy atom. The number of methoxy groups -OCH3 is 1. The third-order valence-corrected chi connectivity index (χ3v) is 6.71. The van der Waals surface area contributed by atoms with E-state index in [9.17, 15) is 14.9 Å². The Kier molecular flexibility index (Phi) is 7.00. The predicted octanol–water partition coefficient (Wildman–Crippen LogP) is 5.07. The highest BCUT2D eigenvalue weighted by atomic mass is 32.2. The number of para-hydroxylation sites is 2. The van der Waals surface area contributed by atoms with Crippen molar-refractivity contribution in [1.29, 1.82) is 5.26 Å². The van der Waals surface area contributed by atoms with Gasteiger partial charge in [0.05, 0.1) is 18.0 Å². The van der Waals surface area contributed by atoms with Crippen molar-refractivity contribution in [2.75, 3.05) is 17.3 Å². The number of hydrogen-bond donors (Lipinski definition) is 1. The molecule has 4 rings (SSSR count). The molecule has 0 bridgehead atoms. The van der Waals surface area contributed by atoms with Gasteiger partial charge in [0, 0.05) is 5.69 Å². The zero-order chi connectivity index (χ0) is 24.1. The van der Waals surface area contributed by atoms with Gasteiger partial charge in [-0.15, -0.1) is 0 Å². The van der Waals surface area contributed by atoms with E-state index < -0.39 is 11.2 Å². The van der Waals surface area contributed by atoms with E-state index in [1.165, 1.54) is 16.7 Å². The second-order valence-electron chi connectivity index (χ2n) is 7.73. The number of carbonyl (C=O) groups excluding carboxylic acids is 2. The summed E-state index contributed by atoms with van der Waals surface area (Å²) in [4.78, 5) is 28.2. The summed E-state index contributed by atoms with van der Waals surface area (Å²) < 4.78 is 5.31. The SMILES string of the molecule is COc1cccc(C[C@H]2S/C(=C(/C#N)C(=O)Nc3ccccc3)N(c3ccccc3C)C2=O)c1. The zero-order valence-electron chi connectivity index (χ0n) is 18.8. The molecule has 3 aromatic rings. The van der Waals surface area contributed by atoms with E-state index >= 15 is 0 Å². The first-order valence-corrected chi connectivity index (χ1v) is 11.6. The standard InChI is InChI=1S/C27H23N3O3S/c1-18-9-6-7-14-23(18)30-26(32)24(16-19-10-8-13-21(15-19)33-2)34-27(30)22(17-28)25(31)29-20-11-4-3-5-12-20/h3-15,24H,16H2,1-2H3,(H,29,31)/b27-22-/t24-/m1/s1. The van der Waals surface area contributed by atoms with E-state index in [-0.39, 0.29) is 11.5 Å². The molecule has 1 aliphatic heterocycles. The first kappa shape index (κ1) is 23.1. The Morgan fingerprint density at radius 2 is 1.82 bits per heavy atom. The minimum absolute atomic E-state index is 0.0985. The molecule has 2 amide bonds. The van der Waals surface area contributed by atoms with E-state index in [1.807, 2.05) is 67.6 Å². The van der Waals surface area contributed by atoms with Crippen LogP contribution in [0.25, 0.3) is 0 Å². The van der Waals surface area contributed by atoms with Gasteiger partial charge in [0.1, 0.15) is 22.4 Å². The summed E-state index contributed by atoms with van der Waals surface area (Å²) in [6, 6.07) is 26.0. The van der Waals surface area contributed by atoms with Crippen LogP contribution in [0.1, 0.15) is 11.1 Å². The van der Waals surface area contributed by atoms with Gasteiger partial charge in [0.2, 0.25) is 5.91 Å². The monoisotopic (exact) mass is 469 g/mol. The van der Waals surface area contributed by atoms with Gasteiger partial charge >= 0.3 is 0 Å². The highest BCUT2D eigenvalue weighted by Crippen LogP contribution is 2.43. The number of rotatable bonds is 6. The van der Waals surface area contributed by atoms with Gasteiger partial charge < -0.3 is 10.1 Å². The van der Waals surface area contributed by atoms with Crippen molar-refractivity contribution in [3.63, 3.8) is 0 Å². The second-order valence-corrected chi connectivity index (χ2v) is 8.93. The first-order chi connectivity index (χ1) is 16.5. The predicted molar refractivity (Wildman–Crippen MR) is 134 cm³/mol. The number of thioether (sulfide) groups is 1. The molecule has 1 fully saturated rings. The fourth-order valence-electron chi connectivity index (χ4n) is 3.75. The first-order valence-electron chi connectivity index (χ1n) is 10.7. The lowest BCUT2D eigenvalue weighted by Crippen LogP contribution is -2.31. The molecular formula is C27H23N3O3S. The van der Waals surface area contributed by atoms with Crippen LogP contribution < -0.4 is 15.0 Å². The van der Waals surface area contributed by atoms with Crippen molar-refractivity contribution in [1.82, 2.24) is 0 Å². The molecule has 1 aliphatic rings. The van der Waals surface area contributed by atoms with Crippen LogP contribution in [0.4, 0.5) is 11.4 Å². The molecule has 170 valence electrons. The largest absolute Gasteiger partial charge is 0.497 e. The number of aryl methyl sites for hydroxylation is 1. The number of nitrogens with zero attached hydrogens (tertiary/aromatic N) is 2. The second kappa shape index (κ2) is 10.3. The van der Waals surface area contributed by atoms with Crippen LogP contribution in [0.15, 0.2) is 89.5 Å². The fraction of sp³-hybridized carbons (Fsp3) is 0.148. The van der Waals surface area contributed by atoms with Crippen molar-refractivity contribution in [3.8, 4) is 11.8 Å². The maximum atomic E-state index is 13.6. The molecule has 6 nitrogen and oxygen atoms in total. The molecule has 0 aliphatic carbocycles. The highest BCUT2D eigenvalue weighted by molar-refractivity contribution is 8.05. The minimum atomic E-state index is -0.551. The van der Waals surface area contributed by atoms with Gasteiger partial charge in [-0.3, -0.25) is 14.5 Å². The molecule has 34 heavy (non-hydrogen) atoms. The Bertz CT molecular complexity index is 1300. The number of anilines is 2. The Balaban J connectivity index is 1.74. The number of carbonyl (C=O) groups is 2. The highest BCUT2D eigenvalue weighted by Gasteiger charge is 2.41. The van der Waals surface area contributed by atoms with E-state index in [1.54, 1.807) is 31.4 Å². The molecule has 0 saturated carbocycles. The van der Waals surface area contributed by atoms with Crippen molar-refractivity contribution in [2.24, 2.45) is 0 Å². The van der Waals surface area contributed by atoms with Crippen LogP contribution in [-0.2, 0) is 16.0 Å². The lowest BCUT2D eigenvalue weighted by atomic mass is 10.1. The third-order valence-electron chi connectivity index (χ3n) is 5.45. The molecule has 1 heterocycles. The van der Waals surface area contributed by atoms with Crippen LogP contribution in [0.2, 0.25) is 0 Å². The number of ether oxygens (including phenoxy) is 1. The van der Waals surface area contributed by atoms with Crippen molar-refractivity contribution in [3.05, 3.63) is 101 Å². The van der Waals surface area contributed by atoms with Crippen LogP contribution in [-0.4, -0.2) is 24.2 Å². The van der Waals surface area contributed by atoms with E-state index in [0.29, 0.717) is 28.6 Å². The zero-order valence-corrected chi connectivity index (χ0v) is 19.6. The third kappa shape index (κ3) is 4.82. The van der Waals surface area contributed by atoms with Gasteiger partial charge in [-0.05, 0) is 54.8 Å². The maximum Gasteiger partial charge on any atom is 0.269 e. The summed E-state index contributed by atoms with van der Waals surface area (Å²) in [5.41, 5.74) is 2.94. The summed E-state index contributed by atoms with van der Waals surface area (Å²) in [6.07, 6.45) is 0.436. The van der Waals surface area contributed by atoms with Gasteiger partial charge in [-0.2, -0.15) is 5.26 Å². The fourth-order valence-corrected chi connectivity index (χ4v) is 5.05. The quantitative estimate of drug-likeness (QED) is 0.403. The topological polar surface area (TPSA) is 82.4 Å². The van der Waals surface area contributed by atoms with Crippen molar-refractivity contribution in [2.45, 2.75) is 18.6 Å². The van der Waals surface area contributed by atoms with Crippen molar-refractivity contribution < 1.29 is 14.3 Å².